The molecule has 1 aromatic carbocycles. The van der Waals surface area contributed by atoms with Crippen molar-refractivity contribution in [3.8, 4) is 5.75 Å². The van der Waals surface area contributed by atoms with Crippen molar-refractivity contribution in [3.05, 3.63) is 24.3 Å². The van der Waals surface area contributed by atoms with Crippen LogP contribution in [0.1, 0.15) is 27.2 Å². The summed E-state index contributed by atoms with van der Waals surface area (Å²) >= 11 is 0. The van der Waals surface area contributed by atoms with Gasteiger partial charge in [0.15, 0.2) is 0 Å². The van der Waals surface area contributed by atoms with Crippen LogP contribution in [0.4, 0.5) is 5.69 Å². The molecule has 1 unspecified atom stereocenters. The van der Waals surface area contributed by atoms with Gasteiger partial charge in [0.05, 0.1) is 12.3 Å². The van der Waals surface area contributed by atoms with Gasteiger partial charge < -0.3 is 15.8 Å². The maximum absolute atomic E-state index is 11.8. The smallest absolute Gasteiger partial charge is 0.224 e. The number of benzene rings is 1. The third kappa shape index (κ3) is 5.75. The fourth-order valence-corrected chi connectivity index (χ4v) is 1.55. The molecule has 0 radical (unpaired) electrons. The van der Waals surface area contributed by atoms with Gasteiger partial charge >= 0.3 is 0 Å². The molecular formula is C15H24N2O2. The Morgan fingerprint density at radius 1 is 1.32 bits per heavy atom. The van der Waals surface area contributed by atoms with Crippen LogP contribution in [-0.4, -0.2) is 19.1 Å². The molecule has 1 aromatic rings. The van der Waals surface area contributed by atoms with Gasteiger partial charge in [-0.25, -0.2) is 0 Å². The SMILES string of the molecule is CC(C)COc1ccccc1NC(=O)CC(C)CN. The highest BCUT2D eigenvalue weighted by molar-refractivity contribution is 5.92. The fourth-order valence-electron chi connectivity index (χ4n) is 1.55. The van der Waals surface area contributed by atoms with Crippen molar-refractivity contribution in [3.63, 3.8) is 0 Å². The van der Waals surface area contributed by atoms with Crippen LogP contribution in [0.25, 0.3) is 0 Å². The van der Waals surface area contributed by atoms with E-state index in [1.807, 2.05) is 31.2 Å². The van der Waals surface area contributed by atoms with E-state index in [9.17, 15) is 4.79 Å². The zero-order valence-electron chi connectivity index (χ0n) is 12.0. The van der Waals surface area contributed by atoms with Crippen LogP contribution in [-0.2, 0) is 4.79 Å². The van der Waals surface area contributed by atoms with E-state index in [4.69, 9.17) is 10.5 Å². The maximum atomic E-state index is 11.8. The van der Waals surface area contributed by atoms with Crippen molar-refractivity contribution < 1.29 is 9.53 Å². The first-order chi connectivity index (χ1) is 9.02. The predicted molar refractivity (Wildman–Crippen MR) is 78.2 cm³/mol. The summed E-state index contributed by atoms with van der Waals surface area (Å²) in [6, 6.07) is 7.49. The summed E-state index contributed by atoms with van der Waals surface area (Å²) in [7, 11) is 0. The van der Waals surface area contributed by atoms with Gasteiger partial charge in [-0.05, 0) is 30.5 Å². The summed E-state index contributed by atoms with van der Waals surface area (Å²) in [6.45, 7) is 7.28. The molecule has 0 bridgehead atoms. The van der Waals surface area contributed by atoms with Gasteiger partial charge in [0.1, 0.15) is 5.75 Å². The Hall–Kier alpha value is -1.55. The molecular weight excluding hydrogens is 240 g/mol. The molecule has 1 rings (SSSR count). The van der Waals surface area contributed by atoms with Crippen molar-refractivity contribution in [2.45, 2.75) is 27.2 Å². The zero-order chi connectivity index (χ0) is 14.3. The summed E-state index contributed by atoms with van der Waals surface area (Å²) in [5, 5.41) is 2.88. The molecule has 4 heteroatoms. The van der Waals surface area contributed by atoms with E-state index in [1.54, 1.807) is 0 Å². The topological polar surface area (TPSA) is 64.3 Å². The second kappa shape index (κ2) is 7.79. The van der Waals surface area contributed by atoms with E-state index >= 15 is 0 Å². The first kappa shape index (κ1) is 15.5. The van der Waals surface area contributed by atoms with Gasteiger partial charge in [-0.1, -0.05) is 32.9 Å². The van der Waals surface area contributed by atoms with Crippen molar-refractivity contribution in [1.29, 1.82) is 0 Å². The molecule has 0 heterocycles. The summed E-state index contributed by atoms with van der Waals surface area (Å²) in [5.74, 6) is 1.31. The monoisotopic (exact) mass is 264 g/mol. The summed E-state index contributed by atoms with van der Waals surface area (Å²) in [5.41, 5.74) is 6.24. The molecule has 0 aliphatic carbocycles. The molecule has 0 spiro atoms. The largest absolute Gasteiger partial charge is 0.491 e. The highest BCUT2D eigenvalue weighted by Gasteiger charge is 2.10. The lowest BCUT2D eigenvalue weighted by molar-refractivity contribution is -0.116. The molecule has 0 saturated carbocycles. The van der Waals surface area contributed by atoms with E-state index < -0.39 is 0 Å². The Balaban J connectivity index is 2.64. The molecule has 0 aromatic heterocycles. The van der Waals surface area contributed by atoms with Gasteiger partial charge in [-0.3, -0.25) is 4.79 Å². The second-order valence-electron chi connectivity index (χ2n) is 5.29. The van der Waals surface area contributed by atoms with Crippen LogP contribution in [0, 0.1) is 11.8 Å². The number of para-hydroxylation sites is 2. The third-order valence-electron chi connectivity index (χ3n) is 2.67. The number of carbonyl (C=O) groups is 1. The number of ether oxygens (including phenoxy) is 1. The van der Waals surface area contributed by atoms with Gasteiger partial charge in [0.2, 0.25) is 5.91 Å². The van der Waals surface area contributed by atoms with Crippen molar-refractivity contribution >= 4 is 11.6 Å². The molecule has 0 aliphatic rings. The molecule has 0 saturated heterocycles. The van der Waals surface area contributed by atoms with E-state index in [1.165, 1.54) is 0 Å². The molecule has 4 nitrogen and oxygen atoms in total. The highest BCUT2D eigenvalue weighted by Crippen LogP contribution is 2.24. The fraction of sp³-hybridized carbons (Fsp3) is 0.533. The second-order valence-corrected chi connectivity index (χ2v) is 5.29. The quantitative estimate of drug-likeness (QED) is 0.795. The lowest BCUT2D eigenvalue weighted by Gasteiger charge is -2.14. The van der Waals surface area contributed by atoms with Crippen molar-refractivity contribution in [2.24, 2.45) is 17.6 Å². The normalized spacial score (nSPS) is 12.3. The van der Waals surface area contributed by atoms with Gasteiger partial charge in [0.25, 0.3) is 0 Å². The number of nitrogens with one attached hydrogen (secondary N) is 1. The standard InChI is InChI=1S/C15H24N2O2/c1-11(2)10-19-14-7-5-4-6-13(14)17-15(18)8-12(3)9-16/h4-7,11-12H,8-10,16H2,1-3H3,(H,17,18). The number of amides is 1. The first-order valence-corrected chi connectivity index (χ1v) is 6.74. The third-order valence-corrected chi connectivity index (χ3v) is 2.67. The lowest BCUT2D eigenvalue weighted by atomic mass is 10.1. The van der Waals surface area contributed by atoms with E-state index in [0.717, 1.165) is 5.69 Å². The number of hydrogen-bond acceptors (Lipinski definition) is 3. The molecule has 0 aliphatic heterocycles. The van der Waals surface area contributed by atoms with Crippen LogP contribution in [0.5, 0.6) is 5.75 Å². The molecule has 1 amide bonds. The van der Waals surface area contributed by atoms with Crippen molar-refractivity contribution in [2.75, 3.05) is 18.5 Å². The van der Waals surface area contributed by atoms with Crippen LogP contribution in [0.2, 0.25) is 0 Å². The average Bonchev–Trinajstić information content (AvgIpc) is 2.37. The molecule has 106 valence electrons. The summed E-state index contributed by atoms with van der Waals surface area (Å²) < 4.78 is 5.69. The van der Waals surface area contributed by atoms with Gasteiger partial charge in [-0.15, -0.1) is 0 Å². The van der Waals surface area contributed by atoms with Crippen LogP contribution < -0.4 is 15.8 Å². The van der Waals surface area contributed by atoms with Crippen LogP contribution in [0.3, 0.4) is 0 Å². The Morgan fingerprint density at radius 2 is 2.00 bits per heavy atom. The maximum Gasteiger partial charge on any atom is 0.224 e. The average molecular weight is 264 g/mol. The van der Waals surface area contributed by atoms with Crippen molar-refractivity contribution in [1.82, 2.24) is 0 Å². The minimum Gasteiger partial charge on any atom is -0.491 e. The first-order valence-electron chi connectivity index (χ1n) is 6.74. The number of rotatable bonds is 7. The molecule has 3 N–H and O–H groups in total. The Bertz CT molecular complexity index is 405. The Labute approximate surface area is 115 Å². The minimum absolute atomic E-state index is 0.0291. The van der Waals surface area contributed by atoms with E-state index in [-0.39, 0.29) is 11.8 Å². The highest BCUT2D eigenvalue weighted by atomic mass is 16.5. The predicted octanol–water partition coefficient (Wildman–Crippen LogP) is 2.64. The van der Waals surface area contributed by atoms with Gasteiger partial charge in [-0.2, -0.15) is 0 Å². The van der Waals surface area contributed by atoms with E-state index in [2.05, 4.69) is 19.2 Å². The number of hydrogen-bond donors (Lipinski definition) is 2. The molecule has 1 atom stereocenters. The minimum atomic E-state index is -0.0291. The summed E-state index contributed by atoms with van der Waals surface area (Å²) in [6.07, 6.45) is 0.426. The van der Waals surface area contributed by atoms with E-state index in [0.29, 0.717) is 31.2 Å². The summed E-state index contributed by atoms with van der Waals surface area (Å²) in [4.78, 5) is 11.8. The molecule has 19 heavy (non-hydrogen) atoms. The molecule has 0 fully saturated rings. The zero-order valence-corrected chi connectivity index (χ0v) is 12.0. The number of carbonyl (C=O) groups excluding carboxylic acids is 1. The number of nitrogens with two attached hydrogens (primary N) is 1. The lowest BCUT2D eigenvalue weighted by Crippen LogP contribution is -2.20. The Kier molecular flexibility index (Phi) is 6.36. The van der Waals surface area contributed by atoms with Gasteiger partial charge in [0, 0.05) is 6.42 Å². The van der Waals surface area contributed by atoms with Crippen LogP contribution in [0.15, 0.2) is 24.3 Å². The number of anilines is 1. The Morgan fingerprint density at radius 3 is 2.63 bits per heavy atom. The van der Waals surface area contributed by atoms with Crippen LogP contribution >= 0.6 is 0 Å².